The van der Waals surface area contributed by atoms with Crippen molar-refractivity contribution in [2.75, 3.05) is 18.5 Å². The molecule has 1 aromatic rings. The Labute approximate surface area is 118 Å². The van der Waals surface area contributed by atoms with Crippen LogP contribution in [-0.4, -0.2) is 19.6 Å². The maximum absolute atomic E-state index is 6.48. The highest BCUT2D eigenvalue weighted by Crippen LogP contribution is 2.38. The molecule has 0 spiro atoms. The lowest BCUT2D eigenvalue weighted by atomic mass is 9.68. The Morgan fingerprint density at radius 2 is 1.89 bits per heavy atom. The Hall–Kier alpha value is -1.02. The highest BCUT2D eigenvalue weighted by atomic mass is 15.1. The van der Waals surface area contributed by atoms with E-state index in [1.807, 2.05) is 0 Å². The lowest BCUT2D eigenvalue weighted by molar-refractivity contribution is 0.142. The lowest BCUT2D eigenvalue weighted by Crippen LogP contribution is -2.49. The highest BCUT2D eigenvalue weighted by molar-refractivity contribution is 5.46. The molecule has 19 heavy (non-hydrogen) atoms. The number of benzene rings is 1. The summed E-state index contributed by atoms with van der Waals surface area (Å²) in [6.07, 6.45) is 3.84. The van der Waals surface area contributed by atoms with Gasteiger partial charge in [0.1, 0.15) is 0 Å². The number of hydrogen-bond donors (Lipinski definition) is 1. The van der Waals surface area contributed by atoms with Crippen molar-refractivity contribution in [3.05, 3.63) is 29.8 Å². The Morgan fingerprint density at radius 1 is 1.26 bits per heavy atom. The second-order valence-corrected chi connectivity index (χ2v) is 6.88. The number of nitrogens with two attached hydrogens (primary N) is 1. The molecule has 1 aliphatic carbocycles. The van der Waals surface area contributed by atoms with E-state index in [2.05, 4.69) is 57.0 Å². The van der Waals surface area contributed by atoms with Crippen LogP contribution in [0.5, 0.6) is 0 Å². The van der Waals surface area contributed by atoms with Crippen molar-refractivity contribution in [2.24, 2.45) is 17.1 Å². The number of rotatable bonds is 3. The van der Waals surface area contributed by atoms with Crippen molar-refractivity contribution in [1.82, 2.24) is 0 Å². The minimum Gasteiger partial charge on any atom is -0.374 e. The third kappa shape index (κ3) is 3.30. The number of nitrogens with zero attached hydrogens (tertiary/aromatic N) is 1. The molecule has 0 aromatic heterocycles. The molecule has 1 fully saturated rings. The van der Waals surface area contributed by atoms with Crippen LogP contribution in [0, 0.1) is 18.3 Å². The van der Waals surface area contributed by atoms with Gasteiger partial charge in [-0.1, -0.05) is 38.0 Å². The van der Waals surface area contributed by atoms with Crippen LogP contribution in [0.1, 0.15) is 38.7 Å². The molecule has 0 aliphatic heterocycles. The van der Waals surface area contributed by atoms with E-state index in [4.69, 9.17) is 5.73 Å². The van der Waals surface area contributed by atoms with E-state index in [-0.39, 0.29) is 5.41 Å². The standard InChI is InChI=1S/C17H28N2/c1-13-7-9-15(10-8-13)19(4)12-14-6-5-11-17(2,3)16(14)18/h7-10,14,16H,5-6,11-12,18H2,1-4H3. The molecule has 2 N–H and O–H groups in total. The third-order valence-corrected chi connectivity index (χ3v) is 4.79. The van der Waals surface area contributed by atoms with Crippen LogP contribution in [0.4, 0.5) is 5.69 Å². The summed E-state index contributed by atoms with van der Waals surface area (Å²) in [4.78, 5) is 2.35. The van der Waals surface area contributed by atoms with Gasteiger partial charge in [-0.2, -0.15) is 0 Å². The second-order valence-electron chi connectivity index (χ2n) is 6.88. The normalized spacial score (nSPS) is 26.2. The summed E-state index contributed by atoms with van der Waals surface area (Å²) in [6.45, 7) is 7.82. The lowest BCUT2D eigenvalue weighted by Gasteiger charge is -2.43. The minimum absolute atomic E-state index is 0.289. The topological polar surface area (TPSA) is 29.3 Å². The molecule has 2 atom stereocenters. The van der Waals surface area contributed by atoms with E-state index < -0.39 is 0 Å². The van der Waals surface area contributed by atoms with Gasteiger partial charge >= 0.3 is 0 Å². The Balaban J connectivity index is 2.02. The van der Waals surface area contributed by atoms with Gasteiger partial charge in [-0.25, -0.2) is 0 Å². The van der Waals surface area contributed by atoms with Crippen LogP contribution in [0.25, 0.3) is 0 Å². The Bertz CT molecular complexity index is 408. The molecule has 0 amide bonds. The fourth-order valence-electron chi connectivity index (χ4n) is 3.27. The monoisotopic (exact) mass is 260 g/mol. The molecule has 2 nitrogen and oxygen atoms in total. The first-order chi connectivity index (χ1) is 8.90. The molecule has 0 radical (unpaired) electrons. The molecule has 2 unspecified atom stereocenters. The molecular formula is C17H28N2. The fourth-order valence-corrected chi connectivity index (χ4v) is 3.27. The van der Waals surface area contributed by atoms with Crippen molar-refractivity contribution in [2.45, 2.75) is 46.1 Å². The van der Waals surface area contributed by atoms with Gasteiger partial charge in [0.25, 0.3) is 0 Å². The van der Waals surface area contributed by atoms with Crippen molar-refractivity contribution in [3.8, 4) is 0 Å². The van der Waals surface area contributed by atoms with Gasteiger partial charge in [0.15, 0.2) is 0 Å². The van der Waals surface area contributed by atoms with Crippen LogP contribution in [-0.2, 0) is 0 Å². The maximum Gasteiger partial charge on any atom is 0.0363 e. The number of anilines is 1. The van der Waals surface area contributed by atoms with Gasteiger partial charge in [-0.05, 0) is 43.2 Å². The van der Waals surface area contributed by atoms with Gasteiger partial charge in [-0.15, -0.1) is 0 Å². The summed E-state index contributed by atoms with van der Waals surface area (Å²) in [5, 5.41) is 0. The predicted octanol–water partition coefficient (Wildman–Crippen LogP) is 3.58. The van der Waals surface area contributed by atoms with Gasteiger partial charge in [0.05, 0.1) is 0 Å². The van der Waals surface area contributed by atoms with E-state index in [1.165, 1.54) is 30.5 Å². The first-order valence-corrected chi connectivity index (χ1v) is 7.43. The zero-order valence-corrected chi connectivity index (χ0v) is 12.8. The molecule has 106 valence electrons. The fraction of sp³-hybridized carbons (Fsp3) is 0.647. The van der Waals surface area contributed by atoms with E-state index >= 15 is 0 Å². The van der Waals surface area contributed by atoms with Crippen LogP contribution in [0.15, 0.2) is 24.3 Å². The van der Waals surface area contributed by atoms with E-state index in [1.54, 1.807) is 0 Å². The van der Waals surface area contributed by atoms with E-state index in [9.17, 15) is 0 Å². The first kappa shape index (κ1) is 14.4. The summed E-state index contributed by atoms with van der Waals surface area (Å²) in [7, 11) is 2.18. The van der Waals surface area contributed by atoms with Crippen molar-refractivity contribution in [1.29, 1.82) is 0 Å². The average molecular weight is 260 g/mol. The van der Waals surface area contributed by atoms with Gasteiger partial charge in [0.2, 0.25) is 0 Å². The molecule has 1 saturated carbocycles. The third-order valence-electron chi connectivity index (χ3n) is 4.79. The number of hydrogen-bond acceptors (Lipinski definition) is 2. The molecule has 1 aromatic carbocycles. The quantitative estimate of drug-likeness (QED) is 0.900. The van der Waals surface area contributed by atoms with Gasteiger partial charge in [0, 0.05) is 25.3 Å². The highest BCUT2D eigenvalue weighted by Gasteiger charge is 2.36. The van der Waals surface area contributed by atoms with E-state index in [0.717, 1.165) is 6.54 Å². The smallest absolute Gasteiger partial charge is 0.0363 e. The Morgan fingerprint density at radius 3 is 2.53 bits per heavy atom. The van der Waals surface area contributed by atoms with Gasteiger partial charge < -0.3 is 10.6 Å². The molecule has 0 bridgehead atoms. The Kier molecular flexibility index (Phi) is 4.19. The molecule has 1 aliphatic rings. The molecule has 2 heteroatoms. The van der Waals surface area contributed by atoms with Crippen molar-refractivity contribution in [3.63, 3.8) is 0 Å². The summed E-state index contributed by atoms with van der Waals surface area (Å²) in [6, 6.07) is 9.07. The second kappa shape index (κ2) is 5.54. The summed E-state index contributed by atoms with van der Waals surface area (Å²) < 4.78 is 0. The summed E-state index contributed by atoms with van der Waals surface area (Å²) in [5.74, 6) is 0.607. The molecule has 2 rings (SSSR count). The van der Waals surface area contributed by atoms with Crippen LogP contribution < -0.4 is 10.6 Å². The molecule has 0 heterocycles. The number of aryl methyl sites for hydroxylation is 1. The largest absolute Gasteiger partial charge is 0.374 e. The van der Waals surface area contributed by atoms with Crippen LogP contribution in [0.3, 0.4) is 0 Å². The predicted molar refractivity (Wildman–Crippen MR) is 83.5 cm³/mol. The molecular weight excluding hydrogens is 232 g/mol. The first-order valence-electron chi connectivity index (χ1n) is 7.43. The van der Waals surface area contributed by atoms with Crippen molar-refractivity contribution >= 4 is 5.69 Å². The zero-order valence-electron chi connectivity index (χ0n) is 12.8. The zero-order chi connectivity index (χ0) is 14.0. The summed E-state index contributed by atoms with van der Waals surface area (Å²) >= 11 is 0. The average Bonchev–Trinajstić information content (AvgIpc) is 2.35. The van der Waals surface area contributed by atoms with E-state index in [0.29, 0.717) is 12.0 Å². The minimum atomic E-state index is 0.289. The van der Waals surface area contributed by atoms with Crippen molar-refractivity contribution < 1.29 is 0 Å². The summed E-state index contributed by atoms with van der Waals surface area (Å²) in [5.41, 5.74) is 9.37. The van der Waals surface area contributed by atoms with Crippen LogP contribution in [0.2, 0.25) is 0 Å². The maximum atomic E-state index is 6.48. The molecule has 0 saturated heterocycles. The van der Waals surface area contributed by atoms with Crippen LogP contribution >= 0.6 is 0 Å². The SMILES string of the molecule is Cc1ccc(N(C)CC2CCCC(C)(C)C2N)cc1. The van der Waals surface area contributed by atoms with Gasteiger partial charge in [-0.3, -0.25) is 0 Å².